The van der Waals surface area contributed by atoms with Crippen LogP contribution in [0, 0.1) is 17.8 Å². The van der Waals surface area contributed by atoms with E-state index in [2.05, 4.69) is 13.8 Å². The molecule has 3 rings (SSSR count). The Labute approximate surface area is 87.2 Å². The summed E-state index contributed by atoms with van der Waals surface area (Å²) in [6.07, 6.45) is 8.71. The lowest BCUT2D eigenvalue weighted by molar-refractivity contribution is 0.0193. The molecule has 0 saturated heterocycles. The first-order valence-electron chi connectivity index (χ1n) is 6.00. The predicted molar refractivity (Wildman–Crippen MR) is 59.0 cm³/mol. The molecule has 3 aliphatic carbocycles. The van der Waals surface area contributed by atoms with Crippen LogP contribution in [-0.2, 0) is 0 Å². The fraction of sp³-hybridized carbons (Fsp3) is 0.846. The van der Waals surface area contributed by atoms with Crippen molar-refractivity contribution in [2.24, 2.45) is 17.8 Å². The normalized spacial score (nSPS) is 38.1. The van der Waals surface area contributed by atoms with Crippen molar-refractivity contribution in [1.29, 1.82) is 0 Å². The number of aliphatic hydroxyl groups excluding tert-OH is 1. The maximum Gasteiger partial charge on any atom is 0.0754 e. The van der Waals surface area contributed by atoms with Gasteiger partial charge in [0.25, 0.3) is 0 Å². The smallest absolute Gasteiger partial charge is 0.0754 e. The zero-order valence-electron chi connectivity index (χ0n) is 9.37. The highest BCUT2D eigenvalue weighted by atomic mass is 16.3. The lowest BCUT2D eigenvalue weighted by atomic mass is 9.63. The van der Waals surface area contributed by atoms with Gasteiger partial charge in [-0.05, 0) is 50.9 Å². The van der Waals surface area contributed by atoms with Crippen LogP contribution >= 0.6 is 0 Å². The first kappa shape index (κ1) is 10.2. The fourth-order valence-electron chi connectivity index (χ4n) is 3.31. The van der Waals surface area contributed by atoms with Crippen LogP contribution in [0.15, 0.2) is 11.6 Å². The van der Waals surface area contributed by atoms with Crippen molar-refractivity contribution < 1.29 is 5.11 Å². The van der Waals surface area contributed by atoms with Gasteiger partial charge in [0.15, 0.2) is 0 Å². The molecule has 0 amide bonds. The van der Waals surface area contributed by atoms with E-state index in [0.29, 0.717) is 5.92 Å². The maximum absolute atomic E-state index is 10.1. The van der Waals surface area contributed by atoms with Gasteiger partial charge in [0.05, 0.1) is 6.10 Å². The molecule has 3 fully saturated rings. The van der Waals surface area contributed by atoms with Gasteiger partial charge >= 0.3 is 0 Å². The number of hydrogen-bond donors (Lipinski definition) is 1. The van der Waals surface area contributed by atoms with Crippen LogP contribution in [0.4, 0.5) is 0 Å². The molecule has 1 heteroatoms. The summed E-state index contributed by atoms with van der Waals surface area (Å²) in [6.45, 7) is 4.15. The molecule has 3 aliphatic rings. The molecule has 0 aromatic carbocycles. The monoisotopic (exact) mass is 194 g/mol. The van der Waals surface area contributed by atoms with Gasteiger partial charge in [0, 0.05) is 0 Å². The number of fused-ring (bicyclic) bond motifs is 3. The summed E-state index contributed by atoms with van der Waals surface area (Å²) in [6, 6.07) is 0. The summed E-state index contributed by atoms with van der Waals surface area (Å²) in [7, 11) is 0. The summed E-state index contributed by atoms with van der Waals surface area (Å²) in [5.74, 6) is 2.30. The average molecular weight is 194 g/mol. The molecular formula is C13H22O. The van der Waals surface area contributed by atoms with Crippen molar-refractivity contribution in [1.82, 2.24) is 0 Å². The maximum atomic E-state index is 10.1. The van der Waals surface area contributed by atoms with E-state index in [9.17, 15) is 5.11 Å². The van der Waals surface area contributed by atoms with Crippen molar-refractivity contribution in [2.75, 3.05) is 0 Å². The van der Waals surface area contributed by atoms with E-state index in [1.165, 1.54) is 37.7 Å². The molecule has 0 aliphatic heterocycles. The minimum Gasteiger partial charge on any atom is -0.389 e. The molecule has 0 spiro atoms. The Morgan fingerprint density at radius 1 is 1.21 bits per heavy atom. The van der Waals surface area contributed by atoms with Crippen molar-refractivity contribution in [3.8, 4) is 0 Å². The Morgan fingerprint density at radius 3 is 2.29 bits per heavy atom. The third kappa shape index (κ3) is 2.03. The molecule has 2 atom stereocenters. The molecule has 14 heavy (non-hydrogen) atoms. The van der Waals surface area contributed by atoms with Crippen molar-refractivity contribution in [2.45, 2.75) is 52.1 Å². The van der Waals surface area contributed by atoms with Crippen LogP contribution in [0.2, 0.25) is 0 Å². The molecule has 0 aromatic rings. The van der Waals surface area contributed by atoms with Gasteiger partial charge in [0.2, 0.25) is 0 Å². The van der Waals surface area contributed by atoms with E-state index in [1.54, 1.807) is 0 Å². The van der Waals surface area contributed by atoms with Crippen LogP contribution in [0.25, 0.3) is 0 Å². The van der Waals surface area contributed by atoms with E-state index in [1.807, 2.05) is 6.08 Å². The Kier molecular flexibility index (Phi) is 2.96. The Balaban J connectivity index is 2.01. The van der Waals surface area contributed by atoms with Crippen LogP contribution in [0.5, 0.6) is 0 Å². The third-order valence-electron chi connectivity index (χ3n) is 4.05. The van der Waals surface area contributed by atoms with E-state index >= 15 is 0 Å². The average Bonchev–Trinajstić information content (AvgIpc) is 2.18. The minimum atomic E-state index is -0.173. The highest BCUT2D eigenvalue weighted by molar-refractivity contribution is 5.03. The fourth-order valence-corrected chi connectivity index (χ4v) is 3.31. The number of hydrogen-bond acceptors (Lipinski definition) is 1. The second kappa shape index (κ2) is 4.06. The summed E-state index contributed by atoms with van der Waals surface area (Å²) in [5, 5.41) is 10.1. The first-order chi connectivity index (χ1) is 6.66. The number of aliphatic hydroxyl groups is 1. The third-order valence-corrected chi connectivity index (χ3v) is 4.05. The van der Waals surface area contributed by atoms with Crippen LogP contribution in [0.3, 0.4) is 0 Å². The van der Waals surface area contributed by atoms with Crippen molar-refractivity contribution >= 4 is 0 Å². The van der Waals surface area contributed by atoms with Gasteiger partial charge in [-0.15, -0.1) is 0 Å². The Hall–Kier alpha value is -0.300. The topological polar surface area (TPSA) is 20.2 Å². The molecule has 1 nitrogen and oxygen atoms in total. The van der Waals surface area contributed by atoms with Gasteiger partial charge in [-0.2, -0.15) is 0 Å². The van der Waals surface area contributed by atoms with E-state index in [0.717, 1.165) is 11.8 Å². The minimum absolute atomic E-state index is 0.173. The zero-order valence-corrected chi connectivity index (χ0v) is 9.37. The lowest BCUT2D eigenvalue weighted by Crippen LogP contribution is -2.37. The number of rotatable bonds is 2. The highest BCUT2D eigenvalue weighted by Gasteiger charge is 2.38. The Morgan fingerprint density at radius 2 is 1.86 bits per heavy atom. The highest BCUT2D eigenvalue weighted by Crippen LogP contribution is 2.46. The molecule has 1 N–H and O–H groups in total. The van der Waals surface area contributed by atoms with Gasteiger partial charge in [-0.1, -0.05) is 24.5 Å². The number of allylic oxidation sites excluding steroid dienone is 1. The largest absolute Gasteiger partial charge is 0.389 e. The molecular weight excluding hydrogens is 172 g/mol. The zero-order chi connectivity index (χ0) is 10.1. The Bertz CT molecular complexity index is 219. The molecule has 0 radical (unpaired) electrons. The summed E-state index contributed by atoms with van der Waals surface area (Å²) >= 11 is 0. The van der Waals surface area contributed by atoms with Gasteiger partial charge in [-0.3, -0.25) is 0 Å². The van der Waals surface area contributed by atoms with E-state index in [-0.39, 0.29) is 6.10 Å². The lowest BCUT2D eigenvalue weighted by Gasteiger charge is -2.43. The van der Waals surface area contributed by atoms with E-state index in [4.69, 9.17) is 0 Å². The molecule has 2 unspecified atom stereocenters. The molecule has 0 heterocycles. The second-order valence-corrected chi connectivity index (χ2v) is 5.41. The molecule has 80 valence electrons. The van der Waals surface area contributed by atoms with Crippen LogP contribution in [-0.4, -0.2) is 11.2 Å². The quantitative estimate of drug-likeness (QED) is 0.670. The first-order valence-corrected chi connectivity index (χ1v) is 6.00. The van der Waals surface area contributed by atoms with Gasteiger partial charge < -0.3 is 5.11 Å². The molecule has 0 aromatic heterocycles. The van der Waals surface area contributed by atoms with Crippen LogP contribution in [0.1, 0.15) is 46.0 Å². The van der Waals surface area contributed by atoms with E-state index < -0.39 is 0 Å². The summed E-state index contributed by atoms with van der Waals surface area (Å²) < 4.78 is 0. The summed E-state index contributed by atoms with van der Waals surface area (Å²) in [5.41, 5.74) is 1.25. The molecule has 3 saturated carbocycles. The van der Waals surface area contributed by atoms with Gasteiger partial charge in [-0.25, -0.2) is 0 Å². The molecule has 2 bridgehead atoms. The predicted octanol–water partition coefficient (Wildman–Crippen LogP) is 3.14. The SMILES string of the molecule is CC(C)=CC(O)C1CC2CCC1CC2. The summed E-state index contributed by atoms with van der Waals surface area (Å²) in [4.78, 5) is 0. The standard InChI is InChI=1S/C13H22O/c1-9(2)7-13(14)12-8-10-3-5-11(12)6-4-10/h7,10-14H,3-6,8H2,1-2H3. The van der Waals surface area contributed by atoms with Crippen molar-refractivity contribution in [3.63, 3.8) is 0 Å². The van der Waals surface area contributed by atoms with Gasteiger partial charge in [0.1, 0.15) is 0 Å². The van der Waals surface area contributed by atoms with Crippen molar-refractivity contribution in [3.05, 3.63) is 11.6 Å². The second-order valence-electron chi connectivity index (χ2n) is 5.41. The van der Waals surface area contributed by atoms with Crippen LogP contribution < -0.4 is 0 Å².